The largest absolute Gasteiger partial charge is 0.454 e. The predicted molar refractivity (Wildman–Crippen MR) is 72.9 cm³/mol. The van der Waals surface area contributed by atoms with E-state index in [2.05, 4.69) is 0 Å². The van der Waals surface area contributed by atoms with Crippen LogP contribution >= 0.6 is 0 Å². The summed E-state index contributed by atoms with van der Waals surface area (Å²) < 4.78 is 19.3. The summed E-state index contributed by atoms with van der Waals surface area (Å²) in [4.78, 5) is 0. The van der Waals surface area contributed by atoms with Crippen LogP contribution in [0.1, 0.15) is 30.6 Å². The highest BCUT2D eigenvalue weighted by Gasteiger charge is 2.13. The summed E-state index contributed by atoms with van der Waals surface area (Å²) in [5, 5.41) is 18.6. The Morgan fingerprint density at radius 1 is 1.25 bits per heavy atom. The minimum Gasteiger partial charge on any atom is -0.454 e. The first-order valence-corrected chi connectivity index (χ1v) is 6.30. The van der Waals surface area contributed by atoms with Crippen LogP contribution in [0.4, 0.5) is 4.39 Å². The summed E-state index contributed by atoms with van der Waals surface area (Å²) in [5.74, 6) is -0.171. The number of halogens is 1. The lowest BCUT2D eigenvalue weighted by atomic mass is 10.1. The fourth-order valence-corrected chi connectivity index (χ4v) is 1.84. The van der Waals surface area contributed by atoms with Crippen molar-refractivity contribution < 1.29 is 14.2 Å². The molecule has 0 saturated carbocycles. The molecule has 2 aromatic rings. The van der Waals surface area contributed by atoms with Gasteiger partial charge in [0, 0.05) is 5.56 Å². The van der Waals surface area contributed by atoms with Crippen molar-refractivity contribution in [1.82, 2.24) is 0 Å². The summed E-state index contributed by atoms with van der Waals surface area (Å²) >= 11 is 0. The number of benzene rings is 2. The van der Waals surface area contributed by atoms with E-state index in [4.69, 9.17) is 10.00 Å². The van der Waals surface area contributed by atoms with Crippen LogP contribution in [0.2, 0.25) is 0 Å². The van der Waals surface area contributed by atoms with Crippen LogP contribution < -0.4 is 4.74 Å². The third-order valence-corrected chi connectivity index (χ3v) is 2.95. The van der Waals surface area contributed by atoms with Gasteiger partial charge in [-0.1, -0.05) is 25.1 Å². The molecule has 0 spiro atoms. The average molecular weight is 271 g/mol. The van der Waals surface area contributed by atoms with Crippen molar-refractivity contribution in [3.8, 4) is 17.6 Å². The minimum atomic E-state index is -0.660. The van der Waals surface area contributed by atoms with Crippen molar-refractivity contribution in [1.29, 1.82) is 5.26 Å². The molecule has 0 amide bonds. The molecule has 0 aliphatic carbocycles. The number of ether oxygens (including phenoxy) is 1. The van der Waals surface area contributed by atoms with Crippen molar-refractivity contribution in [3.63, 3.8) is 0 Å². The molecule has 4 heteroatoms. The Hall–Kier alpha value is -2.38. The minimum absolute atomic E-state index is 0.0275. The van der Waals surface area contributed by atoms with Gasteiger partial charge in [-0.3, -0.25) is 0 Å². The van der Waals surface area contributed by atoms with Crippen LogP contribution in [0.25, 0.3) is 0 Å². The van der Waals surface area contributed by atoms with Crippen molar-refractivity contribution in [2.45, 2.75) is 19.4 Å². The molecule has 0 aliphatic rings. The Balaban J connectivity index is 2.33. The lowest BCUT2D eigenvalue weighted by molar-refractivity contribution is 0.170. The Morgan fingerprint density at radius 2 is 2.00 bits per heavy atom. The van der Waals surface area contributed by atoms with Gasteiger partial charge in [0.15, 0.2) is 11.6 Å². The molecular weight excluding hydrogens is 257 g/mol. The molecule has 0 bridgehead atoms. The first-order valence-electron chi connectivity index (χ1n) is 6.30. The summed E-state index contributed by atoms with van der Waals surface area (Å²) in [7, 11) is 0. The van der Waals surface area contributed by atoms with Crippen LogP contribution in [0.15, 0.2) is 42.5 Å². The first kappa shape index (κ1) is 14.0. The third kappa shape index (κ3) is 2.95. The van der Waals surface area contributed by atoms with E-state index in [9.17, 15) is 9.50 Å². The number of aliphatic hydroxyl groups excluding tert-OH is 1. The molecule has 0 heterocycles. The molecule has 0 aromatic heterocycles. The topological polar surface area (TPSA) is 53.2 Å². The van der Waals surface area contributed by atoms with Gasteiger partial charge in [0.2, 0.25) is 0 Å². The number of hydrogen-bond acceptors (Lipinski definition) is 3. The molecule has 2 rings (SSSR count). The first-order chi connectivity index (χ1) is 9.65. The molecule has 20 heavy (non-hydrogen) atoms. The molecular formula is C16H14FNO2. The van der Waals surface area contributed by atoms with Gasteiger partial charge in [0.25, 0.3) is 0 Å². The van der Waals surface area contributed by atoms with E-state index in [0.29, 0.717) is 17.7 Å². The van der Waals surface area contributed by atoms with E-state index in [-0.39, 0.29) is 11.3 Å². The monoisotopic (exact) mass is 271 g/mol. The van der Waals surface area contributed by atoms with Crippen LogP contribution in [-0.2, 0) is 0 Å². The number of aliphatic hydroxyl groups is 1. The van der Waals surface area contributed by atoms with Crippen molar-refractivity contribution in [3.05, 3.63) is 59.4 Å². The molecule has 0 aliphatic heterocycles. The van der Waals surface area contributed by atoms with E-state index < -0.39 is 11.9 Å². The van der Waals surface area contributed by atoms with Gasteiger partial charge in [-0.2, -0.15) is 5.26 Å². The van der Waals surface area contributed by atoms with Gasteiger partial charge in [-0.25, -0.2) is 4.39 Å². The van der Waals surface area contributed by atoms with Crippen molar-refractivity contribution in [2.24, 2.45) is 0 Å². The van der Waals surface area contributed by atoms with Gasteiger partial charge in [0.05, 0.1) is 17.7 Å². The predicted octanol–water partition coefficient (Wildman–Crippen LogP) is 3.93. The normalized spacial score (nSPS) is 11.7. The van der Waals surface area contributed by atoms with Gasteiger partial charge in [-0.15, -0.1) is 0 Å². The Kier molecular flexibility index (Phi) is 4.34. The summed E-state index contributed by atoms with van der Waals surface area (Å²) in [6.45, 7) is 1.85. The summed E-state index contributed by atoms with van der Waals surface area (Å²) in [6.07, 6.45) is -0.122. The van der Waals surface area contributed by atoms with E-state index in [1.54, 1.807) is 24.3 Å². The SMILES string of the molecule is CC[C@@H](O)c1ccccc1Oc1ccc(C#N)cc1F. The van der Waals surface area contributed by atoms with Crippen LogP contribution in [0.3, 0.4) is 0 Å². The maximum atomic E-state index is 13.8. The smallest absolute Gasteiger partial charge is 0.167 e. The number of nitrogens with zero attached hydrogens (tertiary/aromatic N) is 1. The van der Waals surface area contributed by atoms with Crippen LogP contribution in [0.5, 0.6) is 11.5 Å². The van der Waals surface area contributed by atoms with Crippen molar-refractivity contribution >= 4 is 0 Å². The number of para-hydroxylation sites is 1. The molecule has 2 aromatic carbocycles. The molecule has 1 N–H and O–H groups in total. The highest BCUT2D eigenvalue weighted by Crippen LogP contribution is 2.32. The van der Waals surface area contributed by atoms with E-state index in [0.717, 1.165) is 6.07 Å². The second kappa shape index (κ2) is 6.18. The number of rotatable bonds is 4. The third-order valence-electron chi connectivity index (χ3n) is 2.95. The van der Waals surface area contributed by atoms with Gasteiger partial charge in [0.1, 0.15) is 5.75 Å². The quantitative estimate of drug-likeness (QED) is 0.916. The van der Waals surface area contributed by atoms with E-state index >= 15 is 0 Å². The Labute approximate surface area is 116 Å². The summed E-state index contributed by atoms with van der Waals surface area (Å²) in [5.41, 5.74) is 0.843. The zero-order chi connectivity index (χ0) is 14.5. The second-order valence-corrected chi connectivity index (χ2v) is 4.32. The summed E-state index contributed by atoms with van der Waals surface area (Å²) in [6, 6.07) is 12.8. The second-order valence-electron chi connectivity index (χ2n) is 4.32. The Bertz CT molecular complexity index is 649. The average Bonchev–Trinajstić information content (AvgIpc) is 2.49. The lowest BCUT2D eigenvalue weighted by Gasteiger charge is -2.15. The molecule has 0 fully saturated rings. The molecule has 0 unspecified atom stereocenters. The lowest BCUT2D eigenvalue weighted by Crippen LogP contribution is -1.99. The fourth-order valence-electron chi connectivity index (χ4n) is 1.84. The maximum absolute atomic E-state index is 13.8. The number of hydrogen-bond donors (Lipinski definition) is 1. The van der Waals surface area contributed by atoms with Gasteiger partial charge < -0.3 is 9.84 Å². The molecule has 3 nitrogen and oxygen atoms in total. The van der Waals surface area contributed by atoms with Gasteiger partial charge >= 0.3 is 0 Å². The molecule has 0 saturated heterocycles. The van der Waals surface area contributed by atoms with Crippen molar-refractivity contribution in [2.75, 3.05) is 0 Å². The molecule has 102 valence electrons. The molecule has 1 atom stereocenters. The highest BCUT2D eigenvalue weighted by molar-refractivity contribution is 5.42. The fraction of sp³-hybridized carbons (Fsp3) is 0.188. The van der Waals surface area contributed by atoms with E-state index in [1.807, 2.05) is 13.0 Å². The van der Waals surface area contributed by atoms with E-state index in [1.165, 1.54) is 12.1 Å². The zero-order valence-corrected chi connectivity index (χ0v) is 11.0. The zero-order valence-electron chi connectivity index (χ0n) is 11.0. The number of nitriles is 1. The highest BCUT2D eigenvalue weighted by atomic mass is 19.1. The molecule has 0 radical (unpaired) electrons. The van der Waals surface area contributed by atoms with Crippen LogP contribution in [0, 0.1) is 17.1 Å². The maximum Gasteiger partial charge on any atom is 0.167 e. The Morgan fingerprint density at radius 3 is 2.65 bits per heavy atom. The van der Waals surface area contributed by atoms with Gasteiger partial charge in [-0.05, 0) is 30.7 Å². The standard InChI is InChI=1S/C16H14FNO2/c1-2-14(19)12-5-3-4-6-15(12)20-16-8-7-11(10-18)9-13(16)17/h3-9,14,19H,2H2,1H3/t14-/m1/s1. The van der Waals surface area contributed by atoms with Crippen LogP contribution in [-0.4, -0.2) is 5.11 Å².